The van der Waals surface area contributed by atoms with Gasteiger partial charge in [-0.15, -0.1) is 0 Å². The lowest BCUT2D eigenvalue weighted by Gasteiger charge is -2.32. The van der Waals surface area contributed by atoms with Crippen molar-refractivity contribution >= 4 is 5.91 Å². The van der Waals surface area contributed by atoms with Crippen LogP contribution in [0.3, 0.4) is 0 Å². The monoisotopic (exact) mass is 411 g/mol. The molecule has 0 bridgehead atoms. The maximum atomic E-state index is 13.0. The first kappa shape index (κ1) is 20.4. The van der Waals surface area contributed by atoms with Gasteiger partial charge >= 0.3 is 0 Å². The number of likely N-dealkylation sites (tertiary alicyclic amines) is 1. The highest BCUT2D eigenvalue weighted by Crippen LogP contribution is 2.28. The largest absolute Gasteiger partial charge is 0.497 e. The molecule has 1 aliphatic carbocycles. The van der Waals surface area contributed by atoms with Crippen molar-refractivity contribution in [3.8, 4) is 11.5 Å². The number of ether oxygens (including phenoxy) is 2. The molecule has 2 aromatic rings. The number of benzene rings is 1. The summed E-state index contributed by atoms with van der Waals surface area (Å²) in [6.45, 7) is 1.96. The van der Waals surface area contributed by atoms with E-state index in [4.69, 9.17) is 9.47 Å². The van der Waals surface area contributed by atoms with Gasteiger partial charge in [-0.1, -0.05) is 0 Å². The fraction of sp³-hybridized carbons (Fsp3) is 0.522. The summed E-state index contributed by atoms with van der Waals surface area (Å²) in [5, 5.41) is 4.64. The molecule has 2 heterocycles. The number of hydrogen-bond donors (Lipinski definition) is 0. The summed E-state index contributed by atoms with van der Waals surface area (Å²) < 4.78 is 12.2. The van der Waals surface area contributed by atoms with E-state index in [-0.39, 0.29) is 11.5 Å². The van der Waals surface area contributed by atoms with Crippen LogP contribution < -0.4 is 15.0 Å². The van der Waals surface area contributed by atoms with Crippen LogP contribution >= 0.6 is 0 Å². The molecule has 1 fully saturated rings. The normalized spacial score (nSPS) is 16.8. The molecule has 0 N–H and O–H groups in total. The molecular formula is C23H29N3O4. The predicted molar refractivity (Wildman–Crippen MR) is 113 cm³/mol. The number of nitrogens with zero attached hydrogens (tertiary/aromatic N) is 3. The second-order valence-corrected chi connectivity index (χ2v) is 8.15. The minimum Gasteiger partial charge on any atom is -0.497 e. The number of piperidine rings is 1. The van der Waals surface area contributed by atoms with E-state index in [9.17, 15) is 9.59 Å². The highest BCUT2D eigenvalue weighted by molar-refractivity contribution is 5.97. The van der Waals surface area contributed by atoms with Crippen LogP contribution in [-0.4, -0.2) is 47.9 Å². The number of rotatable bonds is 5. The zero-order valence-electron chi connectivity index (χ0n) is 17.7. The molecule has 160 valence electrons. The van der Waals surface area contributed by atoms with E-state index in [0.717, 1.165) is 49.8 Å². The molecule has 30 heavy (non-hydrogen) atoms. The van der Waals surface area contributed by atoms with E-state index < -0.39 is 0 Å². The molecule has 1 aromatic heterocycles. The Morgan fingerprint density at radius 3 is 2.60 bits per heavy atom. The molecule has 1 aliphatic heterocycles. The van der Waals surface area contributed by atoms with Gasteiger partial charge in [0.15, 0.2) is 0 Å². The quantitative estimate of drug-likeness (QED) is 0.756. The Hall–Kier alpha value is -2.83. The summed E-state index contributed by atoms with van der Waals surface area (Å²) >= 11 is 0. The Bertz CT molecular complexity index is 977. The van der Waals surface area contributed by atoms with Crippen molar-refractivity contribution in [2.45, 2.75) is 45.1 Å². The fourth-order valence-corrected chi connectivity index (χ4v) is 4.44. The summed E-state index contributed by atoms with van der Waals surface area (Å²) in [6.07, 6.45) is 5.93. The van der Waals surface area contributed by atoms with Gasteiger partial charge in [-0.25, -0.2) is 4.68 Å². The van der Waals surface area contributed by atoms with Crippen molar-refractivity contribution in [1.82, 2.24) is 14.7 Å². The molecular weight excluding hydrogens is 382 g/mol. The minimum atomic E-state index is -0.0305. The smallest absolute Gasteiger partial charge is 0.267 e. The summed E-state index contributed by atoms with van der Waals surface area (Å²) in [5.41, 5.74) is 2.75. The third-order valence-corrected chi connectivity index (χ3v) is 6.25. The topological polar surface area (TPSA) is 73.7 Å². The van der Waals surface area contributed by atoms with Crippen LogP contribution in [0.15, 0.2) is 29.1 Å². The van der Waals surface area contributed by atoms with Crippen molar-refractivity contribution in [3.05, 3.63) is 51.4 Å². The van der Waals surface area contributed by atoms with Gasteiger partial charge in [0.25, 0.3) is 11.5 Å². The molecule has 0 spiro atoms. The van der Waals surface area contributed by atoms with Crippen molar-refractivity contribution < 1.29 is 14.3 Å². The summed E-state index contributed by atoms with van der Waals surface area (Å²) in [6, 6.07) is 7.03. The first-order valence-corrected chi connectivity index (χ1v) is 10.7. The molecule has 1 saturated heterocycles. The zero-order chi connectivity index (χ0) is 21.1. The van der Waals surface area contributed by atoms with Gasteiger partial charge in [-0.3, -0.25) is 9.59 Å². The van der Waals surface area contributed by atoms with Gasteiger partial charge in [0.1, 0.15) is 11.5 Å². The van der Waals surface area contributed by atoms with E-state index in [1.807, 2.05) is 4.90 Å². The van der Waals surface area contributed by atoms with Crippen LogP contribution in [0.4, 0.5) is 0 Å². The highest BCUT2D eigenvalue weighted by atomic mass is 16.5. The number of amides is 1. The number of hydrogen-bond acceptors (Lipinski definition) is 5. The Kier molecular flexibility index (Phi) is 6.06. The molecule has 0 atom stereocenters. The van der Waals surface area contributed by atoms with E-state index in [0.29, 0.717) is 42.6 Å². The molecule has 7 heteroatoms. The summed E-state index contributed by atoms with van der Waals surface area (Å²) in [7, 11) is 3.14. The van der Waals surface area contributed by atoms with Crippen molar-refractivity contribution in [1.29, 1.82) is 0 Å². The standard InChI is InChI=1S/C23H29N3O4/c1-29-18-7-8-19(21(14-18)30-2)23(28)25-11-9-16(10-12-25)15-26-22(27)13-17-5-3-4-6-20(17)24-26/h7-8,13-14,16H,3-6,9-12,15H2,1-2H3. The first-order chi connectivity index (χ1) is 14.6. The number of methoxy groups -OCH3 is 2. The second kappa shape index (κ2) is 8.90. The van der Waals surface area contributed by atoms with Gasteiger partial charge < -0.3 is 14.4 Å². The second-order valence-electron chi connectivity index (χ2n) is 8.15. The molecule has 1 amide bonds. The van der Waals surface area contributed by atoms with Crippen molar-refractivity contribution in [2.24, 2.45) is 5.92 Å². The molecule has 7 nitrogen and oxygen atoms in total. The van der Waals surface area contributed by atoms with Gasteiger partial charge in [-0.05, 0) is 62.1 Å². The van der Waals surface area contributed by atoms with Crippen LogP contribution in [0.1, 0.15) is 47.3 Å². The average molecular weight is 412 g/mol. The Morgan fingerprint density at radius 2 is 1.87 bits per heavy atom. The minimum absolute atomic E-state index is 0.00266. The van der Waals surface area contributed by atoms with Gasteiger partial charge in [0, 0.05) is 31.8 Å². The summed E-state index contributed by atoms with van der Waals surface area (Å²) in [5.74, 6) is 1.49. The van der Waals surface area contributed by atoms with Crippen LogP contribution in [-0.2, 0) is 19.4 Å². The Morgan fingerprint density at radius 1 is 1.10 bits per heavy atom. The van der Waals surface area contributed by atoms with Crippen LogP contribution in [0.25, 0.3) is 0 Å². The van der Waals surface area contributed by atoms with Gasteiger partial charge in [0.2, 0.25) is 0 Å². The van der Waals surface area contributed by atoms with Crippen LogP contribution in [0, 0.1) is 5.92 Å². The molecule has 1 aromatic carbocycles. The molecule has 0 radical (unpaired) electrons. The Balaban J connectivity index is 1.40. The average Bonchev–Trinajstić information content (AvgIpc) is 2.79. The zero-order valence-corrected chi connectivity index (χ0v) is 17.7. The maximum absolute atomic E-state index is 13.0. The van der Waals surface area contributed by atoms with E-state index in [1.54, 1.807) is 43.2 Å². The SMILES string of the molecule is COc1ccc(C(=O)N2CCC(Cn3nc4c(cc3=O)CCCC4)CC2)c(OC)c1. The Labute approximate surface area is 176 Å². The van der Waals surface area contributed by atoms with E-state index in [1.165, 1.54) is 0 Å². The maximum Gasteiger partial charge on any atom is 0.267 e. The van der Waals surface area contributed by atoms with Crippen LogP contribution in [0.2, 0.25) is 0 Å². The van der Waals surface area contributed by atoms with E-state index in [2.05, 4.69) is 5.10 Å². The predicted octanol–water partition coefficient (Wildman–Crippen LogP) is 2.69. The number of aromatic nitrogens is 2. The third-order valence-electron chi connectivity index (χ3n) is 6.25. The molecule has 0 unspecified atom stereocenters. The molecule has 2 aliphatic rings. The number of aryl methyl sites for hydroxylation is 2. The van der Waals surface area contributed by atoms with Gasteiger partial charge in [0.05, 0.1) is 25.5 Å². The summed E-state index contributed by atoms with van der Waals surface area (Å²) in [4.78, 5) is 27.3. The molecule has 0 saturated carbocycles. The van der Waals surface area contributed by atoms with Crippen LogP contribution in [0.5, 0.6) is 11.5 Å². The molecule has 4 rings (SSSR count). The number of carbonyl (C=O) groups excluding carboxylic acids is 1. The third kappa shape index (κ3) is 4.20. The highest BCUT2D eigenvalue weighted by Gasteiger charge is 2.26. The number of fused-ring (bicyclic) bond motifs is 1. The van der Waals surface area contributed by atoms with E-state index >= 15 is 0 Å². The lowest BCUT2D eigenvalue weighted by molar-refractivity contribution is 0.0677. The van der Waals surface area contributed by atoms with Crippen molar-refractivity contribution in [2.75, 3.05) is 27.3 Å². The first-order valence-electron chi connectivity index (χ1n) is 10.7. The van der Waals surface area contributed by atoms with Gasteiger partial charge in [-0.2, -0.15) is 5.10 Å². The number of carbonyl (C=O) groups is 1. The lowest BCUT2D eigenvalue weighted by atomic mass is 9.95. The lowest BCUT2D eigenvalue weighted by Crippen LogP contribution is -2.40. The van der Waals surface area contributed by atoms with Crippen molar-refractivity contribution in [3.63, 3.8) is 0 Å². The fourth-order valence-electron chi connectivity index (χ4n) is 4.44.